The molecule has 0 saturated heterocycles. The van der Waals surface area contributed by atoms with E-state index in [2.05, 4.69) is 135 Å². The Morgan fingerprint density at radius 3 is 1.15 bits per heavy atom. The third-order valence-electron chi connectivity index (χ3n) is 9.80. The standard InChI is InChI=1S/C48H66O4/c1-10-13-22-36-25-16-19-28-43(36)50-46(4,5)33-39-31-32-42(49)41(35-48(8,9)52-45-30-21-18-27-38(45)24-15-12-3)40(39)34-47(6,7)51-44-29-20-17-26-37(44)23-14-11-2/h16-21,25-32,49H,10-15,22-24,33-35H2,1-9H3. The molecule has 282 valence electrons. The minimum Gasteiger partial charge on any atom is -0.508 e. The van der Waals surface area contributed by atoms with Crippen LogP contribution in [0.5, 0.6) is 23.0 Å². The number of hydrogen-bond acceptors (Lipinski definition) is 4. The molecule has 0 aliphatic rings. The van der Waals surface area contributed by atoms with Crippen LogP contribution in [-0.4, -0.2) is 21.9 Å². The molecule has 0 aliphatic heterocycles. The van der Waals surface area contributed by atoms with Gasteiger partial charge in [0.05, 0.1) is 0 Å². The van der Waals surface area contributed by atoms with Crippen molar-refractivity contribution in [2.75, 3.05) is 0 Å². The molecule has 0 radical (unpaired) electrons. The van der Waals surface area contributed by atoms with Gasteiger partial charge < -0.3 is 19.3 Å². The van der Waals surface area contributed by atoms with E-state index in [0.717, 1.165) is 91.7 Å². The molecular formula is C48H66O4. The SMILES string of the molecule is CCCCc1ccccc1OC(C)(C)Cc1ccc(O)c(CC(C)(C)Oc2ccccc2CCCC)c1CC(C)(C)Oc1ccccc1CCCC. The first kappa shape index (κ1) is 40.8. The molecule has 4 rings (SSSR count). The second-order valence-electron chi connectivity index (χ2n) is 16.5. The normalized spacial score (nSPS) is 12.2. The molecule has 0 unspecified atom stereocenters. The Morgan fingerprint density at radius 2 is 0.769 bits per heavy atom. The van der Waals surface area contributed by atoms with Gasteiger partial charge in [0.1, 0.15) is 39.8 Å². The Bertz CT molecular complexity index is 1700. The van der Waals surface area contributed by atoms with Crippen LogP contribution < -0.4 is 14.2 Å². The zero-order chi connectivity index (χ0) is 37.8. The average Bonchev–Trinajstić information content (AvgIpc) is 3.09. The van der Waals surface area contributed by atoms with Crippen molar-refractivity contribution >= 4 is 0 Å². The smallest absolute Gasteiger partial charge is 0.123 e. The van der Waals surface area contributed by atoms with Crippen LogP contribution in [0.15, 0.2) is 84.9 Å². The largest absolute Gasteiger partial charge is 0.508 e. The molecular weight excluding hydrogens is 641 g/mol. The van der Waals surface area contributed by atoms with E-state index in [4.69, 9.17) is 14.2 Å². The number of rotatable bonds is 21. The first-order chi connectivity index (χ1) is 24.8. The van der Waals surface area contributed by atoms with E-state index in [1.807, 2.05) is 12.1 Å². The average molecular weight is 707 g/mol. The van der Waals surface area contributed by atoms with Crippen molar-refractivity contribution in [3.63, 3.8) is 0 Å². The summed E-state index contributed by atoms with van der Waals surface area (Å²) in [5.74, 6) is 3.09. The number of phenolic OH excluding ortho intramolecular Hbond substituents is 1. The molecule has 4 heteroatoms. The zero-order valence-corrected chi connectivity index (χ0v) is 33.7. The van der Waals surface area contributed by atoms with Gasteiger partial charge in [-0.2, -0.15) is 0 Å². The van der Waals surface area contributed by atoms with Gasteiger partial charge >= 0.3 is 0 Å². The Hall–Kier alpha value is -3.92. The number of aromatic hydroxyl groups is 1. The topological polar surface area (TPSA) is 47.9 Å². The Morgan fingerprint density at radius 1 is 0.423 bits per heavy atom. The highest BCUT2D eigenvalue weighted by molar-refractivity contribution is 5.47. The lowest BCUT2D eigenvalue weighted by Gasteiger charge is -2.34. The predicted molar refractivity (Wildman–Crippen MR) is 219 cm³/mol. The van der Waals surface area contributed by atoms with E-state index >= 15 is 0 Å². The molecule has 4 aromatic rings. The molecule has 4 nitrogen and oxygen atoms in total. The minimum atomic E-state index is -0.588. The Labute approximate surface area is 315 Å². The van der Waals surface area contributed by atoms with Crippen molar-refractivity contribution in [1.29, 1.82) is 0 Å². The summed E-state index contributed by atoms with van der Waals surface area (Å²) >= 11 is 0. The maximum absolute atomic E-state index is 11.7. The van der Waals surface area contributed by atoms with Gasteiger partial charge in [-0.15, -0.1) is 0 Å². The first-order valence-electron chi connectivity index (χ1n) is 19.9. The van der Waals surface area contributed by atoms with Crippen molar-refractivity contribution in [2.45, 2.75) is 156 Å². The molecule has 0 aliphatic carbocycles. The van der Waals surface area contributed by atoms with Gasteiger partial charge in [0.15, 0.2) is 0 Å². The Kier molecular flexibility index (Phi) is 14.7. The summed E-state index contributed by atoms with van der Waals surface area (Å²) in [5.41, 5.74) is 5.22. The number of unbranched alkanes of at least 4 members (excludes halogenated alkanes) is 3. The molecule has 0 aromatic heterocycles. The fourth-order valence-corrected chi connectivity index (χ4v) is 7.16. The first-order valence-corrected chi connectivity index (χ1v) is 19.9. The molecule has 0 amide bonds. The third kappa shape index (κ3) is 12.1. The number of benzene rings is 4. The lowest BCUT2D eigenvalue weighted by atomic mass is 9.82. The molecule has 0 heterocycles. The number of aryl methyl sites for hydroxylation is 3. The van der Waals surface area contributed by atoms with Crippen molar-refractivity contribution in [1.82, 2.24) is 0 Å². The van der Waals surface area contributed by atoms with Crippen LogP contribution in [-0.2, 0) is 38.5 Å². The predicted octanol–water partition coefficient (Wildman–Crippen LogP) is 12.6. The zero-order valence-electron chi connectivity index (χ0n) is 33.7. The van der Waals surface area contributed by atoms with Crippen LogP contribution in [0, 0.1) is 0 Å². The molecule has 1 N–H and O–H groups in total. The molecule has 4 aromatic carbocycles. The van der Waals surface area contributed by atoms with Gasteiger partial charge in [0.2, 0.25) is 0 Å². The highest BCUT2D eigenvalue weighted by Crippen LogP contribution is 2.37. The van der Waals surface area contributed by atoms with E-state index in [0.29, 0.717) is 19.3 Å². The second kappa shape index (κ2) is 18.7. The van der Waals surface area contributed by atoms with E-state index in [1.54, 1.807) is 0 Å². The third-order valence-corrected chi connectivity index (χ3v) is 9.80. The van der Waals surface area contributed by atoms with Crippen LogP contribution in [0.2, 0.25) is 0 Å². The molecule has 0 spiro atoms. The lowest BCUT2D eigenvalue weighted by Crippen LogP contribution is -2.36. The van der Waals surface area contributed by atoms with Crippen molar-refractivity contribution in [2.24, 2.45) is 0 Å². The summed E-state index contributed by atoms with van der Waals surface area (Å²) in [5, 5.41) is 11.7. The summed E-state index contributed by atoms with van der Waals surface area (Å²) < 4.78 is 20.6. The minimum absolute atomic E-state index is 0.289. The van der Waals surface area contributed by atoms with E-state index < -0.39 is 16.8 Å². The number of para-hydroxylation sites is 3. The number of phenols is 1. The highest BCUT2D eigenvalue weighted by Gasteiger charge is 2.32. The molecule has 52 heavy (non-hydrogen) atoms. The molecule has 0 fully saturated rings. The van der Waals surface area contributed by atoms with E-state index in [-0.39, 0.29) is 5.75 Å². The molecule has 0 atom stereocenters. The van der Waals surface area contributed by atoms with Crippen LogP contribution in [0.4, 0.5) is 0 Å². The van der Waals surface area contributed by atoms with Gasteiger partial charge in [0, 0.05) is 24.8 Å². The van der Waals surface area contributed by atoms with E-state index in [9.17, 15) is 5.11 Å². The lowest BCUT2D eigenvalue weighted by molar-refractivity contribution is 0.0978. The van der Waals surface area contributed by atoms with Crippen LogP contribution in [0.3, 0.4) is 0 Å². The monoisotopic (exact) mass is 706 g/mol. The van der Waals surface area contributed by atoms with E-state index in [1.165, 1.54) is 16.7 Å². The highest BCUT2D eigenvalue weighted by atomic mass is 16.5. The molecule has 0 saturated carbocycles. The fraction of sp³-hybridized carbons (Fsp3) is 0.500. The fourth-order valence-electron chi connectivity index (χ4n) is 7.16. The summed E-state index contributed by atoms with van der Waals surface area (Å²) in [6.45, 7) is 19.6. The van der Waals surface area contributed by atoms with Crippen molar-refractivity contribution in [3.05, 3.63) is 118 Å². The summed E-state index contributed by atoms with van der Waals surface area (Å²) in [6, 6.07) is 29.2. The maximum atomic E-state index is 11.7. The maximum Gasteiger partial charge on any atom is 0.123 e. The quantitative estimate of drug-likeness (QED) is 0.0937. The van der Waals surface area contributed by atoms with Gasteiger partial charge in [-0.05, 0) is 132 Å². The number of hydrogen-bond donors (Lipinski definition) is 1. The Balaban J connectivity index is 1.73. The molecule has 0 bridgehead atoms. The van der Waals surface area contributed by atoms with Crippen molar-refractivity contribution in [3.8, 4) is 23.0 Å². The van der Waals surface area contributed by atoms with Crippen molar-refractivity contribution < 1.29 is 19.3 Å². The van der Waals surface area contributed by atoms with Gasteiger partial charge in [-0.25, -0.2) is 0 Å². The summed E-state index contributed by atoms with van der Waals surface area (Å²) in [6.07, 6.45) is 11.6. The van der Waals surface area contributed by atoms with Gasteiger partial charge in [-0.1, -0.05) is 101 Å². The summed E-state index contributed by atoms with van der Waals surface area (Å²) in [7, 11) is 0. The van der Waals surface area contributed by atoms with Gasteiger partial charge in [-0.3, -0.25) is 0 Å². The van der Waals surface area contributed by atoms with Crippen LogP contribution >= 0.6 is 0 Å². The summed E-state index contributed by atoms with van der Waals surface area (Å²) in [4.78, 5) is 0. The van der Waals surface area contributed by atoms with Crippen LogP contribution in [0.1, 0.15) is 134 Å². The van der Waals surface area contributed by atoms with Crippen LogP contribution in [0.25, 0.3) is 0 Å². The number of ether oxygens (including phenoxy) is 3. The second-order valence-corrected chi connectivity index (χ2v) is 16.5. The van der Waals surface area contributed by atoms with Gasteiger partial charge in [0.25, 0.3) is 0 Å².